The molecule has 1 nitrogen and oxygen atoms in total. The molecule has 0 amide bonds. The number of rotatable bonds is 0. The third kappa shape index (κ3) is 1.76. The van der Waals surface area contributed by atoms with E-state index in [1.54, 1.807) is 5.56 Å². The number of hydrogen-bond donors (Lipinski definition) is 1. The van der Waals surface area contributed by atoms with Crippen LogP contribution in [-0.4, -0.2) is 6.04 Å². The first-order valence-corrected chi connectivity index (χ1v) is 7.19. The predicted molar refractivity (Wildman–Crippen MR) is 73.5 cm³/mol. The quantitative estimate of drug-likeness (QED) is 0.691. The van der Waals surface area contributed by atoms with Gasteiger partial charge in [-0.05, 0) is 31.4 Å². The fourth-order valence-electron chi connectivity index (χ4n) is 3.89. The van der Waals surface area contributed by atoms with Gasteiger partial charge >= 0.3 is 0 Å². The van der Waals surface area contributed by atoms with E-state index in [-0.39, 0.29) is 0 Å². The highest BCUT2D eigenvalue weighted by molar-refractivity contribution is 5.61. The van der Waals surface area contributed by atoms with Gasteiger partial charge in [-0.25, -0.2) is 0 Å². The maximum absolute atomic E-state index is 3.71. The minimum Gasteiger partial charge on any atom is -0.381 e. The highest BCUT2D eigenvalue weighted by Crippen LogP contribution is 2.48. The highest BCUT2D eigenvalue weighted by Gasteiger charge is 2.43. The van der Waals surface area contributed by atoms with Gasteiger partial charge in [-0.15, -0.1) is 0 Å². The maximum atomic E-state index is 3.71. The van der Waals surface area contributed by atoms with Crippen LogP contribution in [0.1, 0.15) is 57.4 Å². The van der Waals surface area contributed by atoms with Crippen LogP contribution in [0.25, 0.3) is 0 Å². The van der Waals surface area contributed by atoms with Crippen molar-refractivity contribution in [2.45, 2.75) is 63.3 Å². The number of hydrogen-bond acceptors (Lipinski definition) is 1. The molecule has 92 valence electrons. The molecule has 1 fully saturated rings. The molecule has 1 unspecified atom stereocenters. The molecule has 1 spiro atoms. The molecular formula is C16H23N. The van der Waals surface area contributed by atoms with Crippen LogP contribution >= 0.6 is 0 Å². The fraction of sp³-hybridized carbons (Fsp3) is 0.625. The third-order valence-corrected chi connectivity index (χ3v) is 4.91. The lowest BCUT2D eigenvalue weighted by Crippen LogP contribution is -2.37. The van der Waals surface area contributed by atoms with Crippen molar-refractivity contribution in [1.82, 2.24) is 0 Å². The summed E-state index contributed by atoms with van der Waals surface area (Å²) in [5.74, 6) is 0. The Morgan fingerprint density at radius 3 is 2.41 bits per heavy atom. The van der Waals surface area contributed by atoms with E-state index < -0.39 is 0 Å². The van der Waals surface area contributed by atoms with E-state index in [0.717, 1.165) is 0 Å². The standard InChI is InChI=1S/C16H23N/c1-13-16(11-7-3-2-4-8-12-16)14-9-5-6-10-15(14)17-13/h5-6,9-10,13,17H,2-4,7-8,11-12H2,1H3. The fourth-order valence-corrected chi connectivity index (χ4v) is 3.89. The molecule has 1 saturated carbocycles. The lowest BCUT2D eigenvalue weighted by molar-refractivity contribution is 0.297. The Morgan fingerprint density at radius 2 is 1.65 bits per heavy atom. The molecular weight excluding hydrogens is 206 g/mol. The zero-order valence-corrected chi connectivity index (χ0v) is 10.8. The molecule has 0 bridgehead atoms. The Balaban J connectivity index is 1.98. The van der Waals surface area contributed by atoms with Gasteiger partial charge in [0, 0.05) is 17.1 Å². The van der Waals surface area contributed by atoms with Crippen molar-refractivity contribution >= 4 is 5.69 Å². The van der Waals surface area contributed by atoms with Crippen molar-refractivity contribution in [3.8, 4) is 0 Å². The van der Waals surface area contributed by atoms with Gasteiger partial charge in [0.2, 0.25) is 0 Å². The molecule has 1 heterocycles. The molecule has 0 saturated heterocycles. The maximum Gasteiger partial charge on any atom is 0.0381 e. The Labute approximate surface area is 105 Å². The second-order valence-electron chi connectivity index (χ2n) is 5.84. The van der Waals surface area contributed by atoms with Crippen LogP contribution < -0.4 is 5.32 Å². The molecule has 17 heavy (non-hydrogen) atoms. The molecule has 1 heteroatoms. The van der Waals surface area contributed by atoms with Crippen molar-refractivity contribution in [3.63, 3.8) is 0 Å². The van der Waals surface area contributed by atoms with Crippen molar-refractivity contribution in [2.75, 3.05) is 5.32 Å². The third-order valence-electron chi connectivity index (χ3n) is 4.91. The second-order valence-corrected chi connectivity index (χ2v) is 5.84. The molecule has 0 radical (unpaired) electrons. The van der Waals surface area contributed by atoms with Gasteiger partial charge in [0.25, 0.3) is 0 Å². The predicted octanol–water partition coefficient (Wildman–Crippen LogP) is 4.48. The van der Waals surface area contributed by atoms with Gasteiger partial charge in [0.15, 0.2) is 0 Å². The summed E-state index contributed by atoms with van der Waals surface area (Å²) in [5, 5.41) is 3.71. The van der Waals surface area contributed by atoms with Crippen molar-refractivity contribution < 1.29 is 0 Å². The van der Waals surface area contributed by atoms with Crippen molar-refractivity contribution in [1.29, 1.82) is 0 Å². The summed E-state index contributed by atoms with van der Waals surface area (Å²) in [7, 11) is 0. The number of para-hydroxylation sites is 1. The van der Waals surface area contributed by atoms with Crippen LogP contribution in [-0.2, 0) is 5.41 Å². The SMILES string of the molecule is CC1Nc2ccccc2C12CCCCCCC2. The van der Waals surface area contributed by atoms with E-state index in [4.69, 9.17) is 0 Å². The Bertz CT molecular complexity index is 388. The average Bonchev–Trinajstić information content (AvgIpc) is 2.57. The smallest absolute Gasteiger partial charge is 0.0381 e. The van der Waals surface area contributed by atoms with Crippen LogP contribution in [0.5, 0.6) is 0 Å². The second kappa shape index (κ2) is 4.36. The molecule has 1 aromatic rings. The zero-order valence-electron chi connectivity index (χ0n) is 10.8. The van der Waals surface area contributed by atoms with Crippen molar-refractivity contribution in [3.05, 3.63) is 29.8 Å². The lowest BCUT2D eigenvalue weighted by atomic mass is 9.69. The molecule has 2 aliphatic rings. The summed E-state index contributed by atoms with van der Waals surface area (Å²) in [5.41, 5.74) is 3.41. The molecule has 1 aliphatic carbocycles. The summed E-state index contributed by atoms with van der Waals surface area (Å²) in [6, 6.07) is 9.57. The summed E-state index contributed by atoms with van der Waals surface area (Å²) >= 11 is 0. The van der Waals surface area contributed by atoms with Crippen LogP contribution in [0, 0.1) is 0 Å². The highest BCUT2D eigenvalue weighted by atomic mass is 15.0. The van der Waals surface area contributed by atoms with Gasteiger partial charge in [-0.1, -0.05) is 50.3 Å². The van der Waals surface area contributed by atoms with Crippen LogP contribution in [0.2, 0.25) is 0 Å². The van der Waals surface area contributed by atoms with Crippen LogP contribution in [0.4, 0.5) is 5.69 Å². The largest absolute Gasteiger partial charge is 0.381 e. The van der Waals surface area contributed by atoms with E-state index in [0.29, 0.717) is 11.5 Å². The first-order chi connectivity index (χ1) is 8.33. The minimum atomic E-state index is 0.428. The zero-order chi connectivity index (χ0) is 11.7. The molecule has 1 aromatic carbocycles. The van der Waals surface area contributed by atoms with Gasteiger partial charge in [-0.2, -0.15) is 0 Å². The van der Waals surface area contributed by atoms with Crippen LogP contribution in [0.3, 0.4) is 0 Å². The monoisotopic (exact) mass is 229 g/mol. The van der Waals surface area contributed by atoms with Gasteiger partial charge in [0.05, 0.1) is 0 Å². The Hall–Kier alpha value is -0.980. The van der Waals surface area contributed by atoms with E-state index in [9.17, 15) is 0 Å². The van der Waals surface area contributed by atoms with Gasteiger partial charge in [0.1, 0.15) is 0 Å². The summed E-state index contributed by atoms with van der Waals surface area (Å²) in [4.78, 5) is 0. The first kappa shape index (κ1) is 11.1. The summed E-state index contributed by atoms with van der Waals surface area (Å²) < 4.78 is 0. The van der Waals surface area contributed by atoms with E-state index in [2.05, 4.69) is 36.5 Å². The normalized spacial score (nSPS) is 27.0. The van der Waals surface area contributed by atoms with E-state index >= 15 is 0 Å². The average molecular weight is 229 g/mol. The van der Waals surface area contributed by atoms with E-state index in [1.807, 2.05) is 0 Å². The molecule has 1 atom stereocenters. The molecule has 3 rings (SSSR count). The number of nitrogens with one attached hydrogen (secondary N) is 1. The Morgan fingerprint density at radius 1 is 1.00 bits per heavy atom. The molecule has 0 aromatic heterocycles. The number of benzene rings is 1. The topological polar surface area (TPSA) is 12.0 Å². The van der Waals surface area contributed by atoms with E-state index in [1.165, 1.54) is 50.6 Å². The van der Waals surface area contributed by atoms with Gasteiger partial charge in [-0.3, -0.25) is 0 Å². The summed E-state index contributed by atoms with van der Waals surface area (Å²) in [6.07, 6.45) is 9.85. The molecule has 1 aliphatic heterocycles. The minimum absolute atomic E-state index is 0.428. The Kier molecular flexibility index (Phi) is 2.85. The lowest BCUT2D eigenvalue weighted by Gasteiger charge is -2.36. The molecule has 1 N–H and O–H groups in total. The number of anilines is 1. The van der Waals surface area contributed by atoms with Gasteiger partial charge < -0.3 is 5.32 Å². The first-order valence-electron chi connectivity index (χ1n) is 7.19. The van der Waals surface area contributed by atoms with Crippen LogP contribution in [0.15, 0.2) is 24.3 Å². The summed E-state index contributed by atoms with van der Waals surface area (Å²) in [6.45, 7) is 2.38. The van der Waals surface area contributed by atoms with Crippen molar-refractivity contribution in [2.24, 2.45) is 0 Å². The number of fused-ring (bicyclic) bond motifs is 2.